The van der Waals surface area contributed by atoms with Gasteiger partial charge in [-0.3, -0.25) is 0 Å². The minimum atomic E-state index is -0.454. The van der Waals surface area contributed by atoms with Gasteiger partial charge in [0, 0.05) is 6.54 Å². The molecule has 0 bridgehead atoms. The van der Waals surface area contributed by atoms with Gasteiger partial charge in [0.2, 0.25) is 5.95 Å². The second-order valence-corrected chi connectivity index (χ2v) is 5.25. The van der Waals surface area contributed by atoms with Gasteiger partial charge in [-0.2, -0.15) is 0 Å². The quantitative estimate of drug-likeness (QED) is 0.924. The van der Waals surface area contributed by atoms with Gasteiger partial charge in [0.1, 0.15) is 5.82 Å². The normalized spacial score (nSPS) is 22.2. The van der Waals surface area contributed by atoms with Crippen LogP contribution < -0.4 is 4.90 Å². The maximum absolute atomic E-state index is 13.0. The molecule has 20 heavy (non-hydrogen) atoms. The largest absolute Gasteiger partial charge is 0.391 e. The van der Waals surface area contributed by atoms with Gasteiger partial charge in [0.05, 0.1) is 29.6 Å². The molecule has 0 unspecified atom stereocenters. The van der Waals surface area contributed by atoms with Crippen LogP contribution >= 0.6 is 11.6 Å². The van der Waals surface area contributed by atoms with Crippen molar-refractivity contribution in [1.82, 2.24) is 9.97 Å². The molecule has 0 spiro atoms. The van der Waals surface area contributed by atoms with E-state index in [0.717, 1.165) is 5.56 Å². The van der Waals surface area contributed by atoms with Crippen LogP contribution in [0.4, 0.5) is 10.3 Å². The van der Waals surface area contributed by atoms with Crippen LogP contribution in [0.5, 0.6) is 0 Å². The van der Waals surface area contributed by atoms with E-state index in [1.165, 1.54) is 24.5 Å². The van der Waals surface area contributed by atoms with Gasteiger partial charge >= 0.3 is 0 Å². The smallest absolute Gasteiger partial charge is 0.225 e. The monoisotopic (exact) mass is 293 g/mol. The molecule has 104 valence electrons. The molecule has 1 aromatic heterocycles. The molecule has 0 aliphatic carbocycles. The molecule has 1 saturated heterocycles. The highest BCUT2D eigenvalue weighted by Crippen LogP contribution is 2.34. The van der Waals surface area contributed by atoms with Gasteiger partial charge in [0.15, 0.2) is 0 Å². The summed E-state index contributed by atoms with van der Waals surface area (Å²) >= 11 is 5.78. The second kappa shape index (κ2) is 5.34. The van der Waals surface area contributed by atoms with Crippen molar-refractivity contribution in [2.24, 2.45) is 0 Å². The summed E-state index contributed by atoms with van der Waals surface area (Å²) in [6.07, 6.45) is 3.16. The first-order valence-corrected chi connectivity index (χ1v) is 6.69. The first-order chi connectivity index (χ1) is 9.63. The van der Waals surface area contributed by atoms with Crippen molar-refractivity contribution in [1.29, 1.82) is 0 Å². The number of anilines is 1. The molecule has 6 heteroatoms. The third kappa shape index (κ3) is 2.59. The van der Waals surface area contributed by atoms with Crippen LogP contribution in [0.2, 0.25) is 5.02 Å². The molecular formula is C14H13ClFN3O. The average Bonchev–Trinajstić information content (AvgIpc) is 2.82. The molecule has 2 aromatic rings. The van der Waals surface area contributed by atoms with E-state index in [1.54, 1.807) is 12.1 Å². The van der Waals surface area contributed by atoms with Crippen molar-refractivity contribution in [3.8, 4) is 0 Å². The van der Waals surface area contributed by atoms with Crippen molar-refractivity contribution in [3.63, 3.8) is 0 Å². The Morgan fingerprint density at radius 2 is 1.85 bits per heavy atom. The summed E-state index contributed by atoms with van der Waals surface area (Å²) < 4.78 is 13.0. The highest BCUT2D eigenvalue weighted by molar-refractivity contribution is 6.30. The predicted octanol–water partition coefficient (Wildman–Crippen LogP) is 2.58. The van der Waals surface area contributed by atoms with Crippen LogP contribution in [-0.2, 0) is 0 Å². The Hall–Kier alpha value is -1.72. The Morgan fingerprint density at radius 3 is 2.50 bits per heavy atom. The minimum Gasteiger partial charge on any atom is -0.391 e. The van der Waals surface area contributed by atoms with E-state index >= 15 is 0 Å². The second-order valence-electron chi connectivity index (χ2n) is 4.81. The first kappa shape index (κ1) is 13.3. The highest BCUT2D eigenvalue weighted by Gasteiger charge is 2.33. The van der Waals surface area contributed by atoms with Crippen molar-refractivity contribution >= 4 is 17.5 Å². The molecule has 0 radical (unpaired) electrons. The van der Waals surface area contributed by atoms with Gasteiger partial charge in [-0.15, -0.1) is 0 Å². The van der Waals surface area contributed by atoms with E-state index in [2.05, 4.69) is 9.97 Å². The average molecular weight is 294 g/mol. The van der Waals surface area contributed by atoms with Crippen molar-refractivity contribution < 1.29 is 9.50 Å². The Kier molecular flexibility index (Phi) is 3.54. The molecule has 0 saturated carbocycles. The molecule has 2 heterocycles. The Balaban J connectivity index is 1.92. The number of halogens is 2. The summed E-state index contributed by atoms with van der Waals surface area (Å²) in [6, 6.07) is 6.22. The van der Waals surface area contributed by atoms with Crippen molar-refractivity contribution in [2.45, 2.75) is 18.6 Å². The van der Waals surface area contributed by atoms with Crippen LogP contribution in [0.15, 0.2) is 36.7 Å². The lowest BCUT2D eigenvalue weighted by Crippen LogP contribution is -2.26. The standard InChI is InChI=1S/C14H13ClFN3O/c15-10-6-17-14(18-7-10)19-8-12(20)5-13(19)9-1-3-11(16)4-2-9/h1-4,6-7,12-13,20H,5,8H2/t12-,13+/m1/s1. The molecule has 1 fully saturated rings. The van der Waals surface area contributed by atoms with Crippen LogP contribution in [0.3, 0.4) is 0 Å². The summed E-state index contributed by atoms with van der Waals surface area (Å²) in [7, 11) is 0. The minimum absolute atomic E-state index is 0.0632. The van der Waals surface area contributed by atoms with Gasteiger partial charge in [-0.05, 0) is 24.1 Å². The molecule has 2 atom stereocenters. The summed E-state index contributed by atoms with van der Waals surface area (Å²) in [5.74, 6) is 0.238. The first-order valence-electron chi connectivity index (χ1n) is 6.31. The lowest BCUT2D eigenvalue weighted by Gasteiger charge is -2.24. The fourth-order valence-corrected chi connectivity index (χ4v) is 2.59. The molecule has 1 aliphatic heterocycles. The fourth-order valence-electron chi connectivity index (χ4n) is 2.49. The van der Waals surface area contributed by atoms with Crippen LogP contribution in [0, 0.1) is 5.82 Å². The van der Waals surface area contributed by atoms with E-state index in [-0.39, 0.29) is 11.9 Å². The third-order valence-corrected chi connectivity index (χ3v) is 3.59. The number of benzene rings is 1. The van der Waals surface area contributed by atoms with Gasteiger partial charge in [-0.1, -0.05) is 23.7 Å². The van der Waals surface area contributed by atoms with Crippen molar-refractivity contribution in [2.75, 3.05) is 11.4 Å². The predicted molar refractivity (Wildman–Crippen MR) is 74.2 cm³/mol. The molecule has 4 nitrogen and oxygen atoms in total. The van der Waals surface area contributed by atoms with E-state index < -0.39 is 6.10 Å². The summed E-state index contributed by atoms with van der Waals surface area (Å²) in [6.45, 7) is 0.448. The Morgan fingerprint density at radius 1 is 1.20 bits per heavy atom. The maximum atomic E-state index is 13.0. The molecule has 1 N–H and O–H groups in total. The SMILES string of the molecule is O[C@@H]1C[C@@H](c2ccc(F)cc2)N(c2ncc(Cl)cn2)C1. The number of aliphatic hydroxyl groups excluding tert-OH is 1. The number of β-amino-alcohol motifs (C(OH)–C–C–N with tert-alkyl or cyclic N) is 1. The summed E-state index contributed by atoms with van der Waals surface area (Å²) in [5.41, 5.74) is 0.932. The van der Waals surface area contributed by atoms with E-state index in [1.807, 2.05) is 4.90 Å². The maximum Gasteiger partial charge on any atom is 0.225 e. The molecular weight excluding hydrogens is 281 g/mol. The zero-order valence-corrected chi connectivity index (χ0v) is 11.3. The number of hydrogen-bond donors (Lipinski definition) is 1. The summed E-state index contributed by atoms with van der Waals surface area (Å²) in [4.78, 5) is 10.3. The Labute approximate surface area is 120 Å². The number of nitrogens with zero attached hydrogens (tertiary/aromatic N) is 3. The van der Waals surface area contributed by atoms with Gasteiger partial charge < -0.3 is 10.0 Å². The van der Waals surface area contributed by atoms with E-state index in [9.17, 15) is 9.50 Å². The molecule has 1 aliphatic rings. The number of aromatic nitrogens is 2. The van der Waals surface area contributed by atoms with Gasteiger partial charge in [0.25, 0.3) is 0 Å². The van der Waals surface area contributed by atoms with Crippen LogP contribution in [0.1, 0.15) is 18.0 Å². The summed E-state index contributed by atoms with van der Waals surface area (Å²) in [5, 5.41) is 10.4. The molecule has 1 aromatic carbocycles. The molecule has 3 rings (SSSR count). The van der Waals surface area contributed by atoms with Crippen LogP contribution in [-0.4, -0.2) is 27.7 Å². The molecule has 0 amide bonds. The van der Waals surface area contributed by atoms with Crippen molar-refractivity contribution in [3.05, 3.63) is 53.1 Å². The highest BCUT2D eigenvalue weighted by atomic mass is 35.5. The number of hydrogen-bond acceptors (Lipinski definition) is 4. The topological polar surface area (TPSA) is 49.2 Å². The third-order valence-electron chi connectivity index (χ3n) is 3.40. The zero-order chi connectivity index (χ0) is 14.1. The van der Waals surface area contributed by atoms with E-state index in [0.29, 0.717) is 23.9 Å². The zero-order valence-electron chi connectivity index (χ0n) is 10.6. The van der Waals surface area contributed by atoms with Gasteiger partial charge in [-0.25, -0.2) is 14.4 Å². The lowest BCUT2D eigenvalue weighted by atomic mass is 10.0. The van der Waals surface area contributed by atoms with Crippen LogP contribution in [0.25, 0.3) is 0 Å². The number of aliphatic hydroxyl groups is 1. The lowest BCUT2D eigenvalue weighted by molar-refractivity contribution is 0.194. The van der Waals surface area contributed by atoms with E-state index in [4.69, 9.17) is 11.6 Å². The Bertz CT molecular complexity index is 537. The number of rotatable bonds is 2. The fraction of sp³-hybridized carbons (Fsp3) is 0.286.